The number of hydrogen-bond acceptors (Lipinski definition) is 2. The van der Waals surface area contributed by atoms with Gasteiger partial charge < -0.3 is 5.73 Å². The molecule has 2 N–H and O–H groups in total. The van der Waals surface area contributed by atoms with Crippen LogP contribution in [0.5, 0.6) is 0 Å². The van der Waals surface area contributed by atoms with Crippen LogP contribution in [-0.4, -0.2) is 18.0 Å². The average Bonchev–Trinajstić information content (AvgIpc) is 2.84. The van der Waals surface area contributed by atoms with E-state index in [1.807, 2.05) is 0 Å². The van der Waals surface area contributed by atoms with Crippen LogP contribution in [0, 0.1) is 18.8 Å². The van der Waals surface area contributed by atoms with Crippen LogP contribution < -0.4 is 5.73 Å². The third kappa shape index (κ3) is 2.19. The Balaban J connectivity index is 1.65. The van der Waals surface area contributed by atoms with Crippen LogP contribution in [0.3, 0.4) is 0 Å². The van der Waals surface area contributed by atoms with E-state index < -0.39 is 0 Å². The van der Waals surface area contributed by atoms with Crippen LogP contribution in [0.25, 0.3) is 0 Å². The first-order valence-corrected chi connectivity index (χ1v) is 6.80. The Morgan fingerprint density at radius 2 is 1.94 bits per heavy atom. The minimum absolute atomic E-state index is 0.932. The lowest BCUT2D eigenvalue weighted by molar-refractivity contribution is 0.303. The van der Waals surface area contributed by atoms with Crippen LogP contribution in [0.4, 0.5) is 5.69 Å². The highest BCUT2D eigenvalue weighted by Crippen LogP contribution is 2.38. The zero-order chi connectivity index (χ0) is 11.8. The Morgan fingerprint density at radius 3 is 2.59 bits per heavy atom. The van der Waals surface area contributed by atoms with Gasteiger partial charge in [0.15, 0.2) is 0 Å². The van der Waals surface area contributed by atoms with Crippen molar-refractivity contribution >= 4 is 5.69 Å². The van der Waals surface area contributed by atoms with E-state index in [0.717, 1.165) is 24.1 Å². The number of benzene rings is 1. The molecular formula is C15H22N2. The molecule has 2 unspecified atom stereocenters. The maximum absolute atomic E-state index is 5.97. The number of aryl methyl sites for hydroxylation is 1. The lowest BCUT2D eigenvalue weighted by Gasteiger charge is -2.17. The zero-order valence-electron chi connectivity index (χ0n) is 10.7. The van der Waals surface area contributed by atoms with Crippen LogP contribution in [0.1, 0.15) is 30.4 Å². The second-order valence-corrected chi connectivity index (χ2v) is 5.84. The van der Waals surface area contributed by atoms with Gasteiger partial charge in [-0.15, -0.1) is 0 Å². The number of likely N-dealkylation sites (tertiary alicyclic amines) is 1. The normalized spacial score (nSPS) is 28.5. The summed E-state index contributed by atoms with van der Waals surface area (Å²) in [6.07, 6.45) is 4.37. The first-order valence-electron chi connectivity index (χ1n) is 6.80. The Bertz CT molecular complexity index is 401. The minimum atomic E-state index is 0.932. The molecule has 0 amide bonds. The zero-order valence-corrected chi connectivity index (χ0v) is 10.7. The van der Waals surface area contributed by atoms with Gasteiger partial charge in [0, 0.05) is 25.3 Å². The molecule has 1 saturated heterocycles. The maximum Gasteiger partial charge on any atom is 0.0346 e. The van der Waals surface area contributed by atoms with Gasteiger partial charge in [-0.05, 0) is 48.8 Å². The van der Waals surface area contributed by atoms with E-state index in [9.17, 15) is 0 Å². The Morgan fingerprint density at radius 1 is 1.24 bits per heavy atom. The number of nitrogens with zero attached hydrogens (tertiary/aromatic N) is 1. The summed E-state index contributed by atoms with van der Waals surface area (Å²) in [6.45, 7) is 5.76. The standard InChI is InChI=1S/C15H22N2/c1-11-5-6-12(7-15(11)16)8-17-9-13-3-2-4-14(13)10-17/h5-7,13-14H,2-4,8-10,16H2,1H3. The molecule has 2 atom stereocenters. The highest BCUT2D eigenvalue weighted by atomic mass is 15.2. The van der Waals surface area contributed by atoms with Crippen molar-refractivity contribution in [2.75, 3.05) is 18.8 Å². The molecule has 1 aromatic carbocycles. The first kappa shape index (κ1) is 11.1. The van der Waals surface area contributed by atoms with Gasteiger partial charge in [-0.3, -0.25) is 4.90 Å². The molecule has 2 fully saturated rings. The number of anilines is 1. The topological polar surface area (TPSA) is 29.3 Å². The first-order chi connectivity index (χ1) is 8.22. The third-order valence-corrected chi connectivity index (χ3v) is 4.55. The molecule has 1 aliphatic heterocycles. The van der Waals surface area contributed by atoms with Crippen molar-refractivity contribution in [3.05, 3.63) is 29.3 Å². The molecule has 92 valence electrons. The summed E-state index contributed by atoms with van der Waals surface area (Å²) in [5.74, 6) is 1.97. The molecule has 1 heterocycles. The maximum atomic E-state index is 5.97. The van der Waals surface area contributed by atoms with Gasteiger partial charge in [-0.2, -0.15) is 0 Å². The van der Waals surface area contributed by atoms with Gasteiger partial charge in [0.1, 0.15) is 0 Å². The predicted molar refractivity (Wildman–Crippen MR) is 71.7 cm³/mol. The van der Waals surface area contributed by atoms with E-state index >= 15 is 0 Å². The second kappa shape index (κ2) is 4.34. The lowest BCUT2D eigenvalue weighted by atomic mass is 10.0. The summed E-state index contributed by atoms with van der Waals surface area (Å²) in [5.41, 5.74) is 9.46. The molecule has 17 heavy (non-hydrogen) atoms. The Kier molecular flexibility index (Phi) is 2.83. The van der Waals surface area contributed by atoms with Crippen LogP contribution in [-0.2, 0) is 6.54 Å². The number of fused-ring (bicyclic) bond motifs is 1. The van der Waals surface area contributed by atoms with Gasteiger partial charge >= 0.3 is 0 Å². The average molecular weight is 230 g/mol. The number of nitrogens with two attached hydrogens (primary N) is 1. The van der Waals surface area contributed by atoms with Gasteiger partial charge in [0.2, 0.25) is 0 Å². The number of nitrogen functional groups attached to an aromatic ring is 1. The van der Waals surface area contributed by atoms with E-state index in [1.54, 1.807) is 0 Å². The minimum Gasteiger partial charge on any atom is -0.399 e. The van der Waals surface area contributed by atoms with E-state index in [-0.39, 0.29) is 0 Å². The highest BCUT2D eigenvalue weighted by molar-refractivity contribution is 5.48. The van der Waals surface area contributed by atoms with Crippen molar-refractivity contribution in [1.82, 2.24) is 4.90 Å². The lowest BCUT2D eigenvalue weighted by Crippen LogP contribution is -2.21. The molecule has 0 radical (unpaired) electrons. The summed E-state index contributed by atoms with van der Waals surface area (Å²) < 4.78 is 0. The Labute approximate surface area is 104 Å². The van der Waals surface area contributed by atoms with Crippen molar-refractivity contribution in [3.8, 4) is 0 Å². The smallest absolute Gasteiger partial charge is 0.0346 e. The molecule has 1 aromatic rings. The number of rotatable bonds is 2. The molecule has 1 aliphatic carbocycles. The quantitative estimate of drug-likeness (QED) is 0.792. The van der Waals surface area contributed by atoms with E-state index in [1.165, 1.54) is 43.5 Å². The summed E-state index contributed by atoms with van der Waals surface area (Å²) >= 11 is 0. The molecule has 0 spiro atoms. The van der Waals surface area contributed by atoms with Crippen molar-refractivity contribution in [2.24, 2.45) is 11.8 Å². The largest absolute Gasteiger partial charge is 0.399 e. The fraction of sp³-hybridized carbons (Fsp3) is 0.600. The Hall–Kier alpha value is -1.02. The molecule has 3 rings (SSSR count). The molecular weight excluding hydrogens is 208 g/mol. The van der Waals surface area contributed by atoms with Crippen molar-refractivity contribution in [2.45, 2.75) is 32.7 Å². The molecule has 2 heteroatoms. The fourth-order valence-electron chi connectivity index (χ4n) is 3.51. The fourth-order valence-corrected chi connectivity index (χ4v) is 3.51. The number of hydrogen-bond donors (Lipinski definition) is 1. The van der Waals surface area contributed by atoms with E-state index in [4.69, 9.17) is 5.73 Å². The third-order valence-electron chi connectivity index (χ3n) is 4.55. The summed E-state index contributed by atoms with van der Waals surface area (Å²) in [5, 5.41) is 0. The molecule has 2 nitrogen and oxygen atoms in total. The van der Waals surface area contributed by atoms with Crippen LogP contribution in [0.2, 0.25) is 0 Å². The predicted octanol–water partition coefficient (Wildman–Crippen LogP) is 2.81. The molecule has 0 aromatic heterocycles. The van der Waals surface area contributed by atoms with Crippen LogP contribution in [0.15, 0.2) is 18.2 Å². The molecule has 2 aliphatic rings. The summed E-state index contributed by atoms with van der Waals surface area (Å²) in [4.78, 5) is 2.61. The van der Waals surface area contributed by atoms with Gasteiger partial charge in [0.05, 0.1) is 0 Å². The highest BCUT2D eigenvalue weighted by Gasteiger charge is 2.35. The SMILES string of the molecule is Cc1ccc(CN2CC3CCCC3C2)cc1N. The molecule has 1 saturated carbocycles. The molecule has 0 bridgehead atoms. The van der Waals surface area contributed by atoms with Crippen molar-refractivity contribution < 1.29 is 0 Å². The van der Waals surface area contributed by atoms with Gasteiger partial charge in [-0.25, -0.2) is 0 Å². The van der Waals surface area contributed by atoms with Crippen molar-refractivity contribution in [1.29, 1.82) is 0 Å². The van der Waals surface area contributed by atoms with Gasteiger partial charge in [-0.1, -0.05) is 18.6 Å². The van der Waals surface area contributed by atoms with E-state index in [2.05, 4.69) is 30.0 Å². The van der Waals surface area contributed by atoms with E-state index in [0.29, 0.717) is 0 Å². The monoisotopic (exact) mass is 230 g/mol. The second-order valence-electron chi connectivity index (χ2n) is 5.84. The van der Waals surface area contributed by atoms with Crippen molar-refractivity contribution in [3.63, 3.8) is 0 Å². The summed E-state index contributed by atoms with van der Waals surface area (Å²) in [7, 11) is 0. The van der Waals surface area contributed by atoms with Gasteiger partial charge in [0.25, 0.3) is 0 Å². The summed E-state index contributed by atoms with van der Waals surface area (Å²) in [6, 6.07) is 6.50. The van der Waals surface area contributed by atoms with Crippen LogP contribution >= 0.6 is 0 Å².